The Bertz CT molecular complexity index is 526. The third-order valence-corrected chi connectivity index (χ3v) is 3.66. The first-order valence-electron chi connectivity index (χ1n) is 7.18. The summed E-state index contributed by atoms with van der Waals surface area (Å²) in [4.78, 5) is 25.7. The lowest BCUT2D eigenvalue weighted by Crippen LogP contribution is -2.43. The molecule has 110 valence electrons. The predicted octanol–water partition coefficient (Wildman–Crippen LogP) is 0.523. The molecular formula is C14H22N4O2. The fourth-order valence-electron chi connectivity index (χ4n) is 2.45. The van der Waals surface area contributed by atoms with E-state index in [0.717, 1.165) is 38.0 Å². The highest BCUT2D eigenvalue weighted by molar-refractivity contribution is 5.79. The lowest BCUT2D eigenvalue weighted by atomic mass is 9.97. The van der Waals surface area contributed by atoms with Crippen molar-refractivity contribution in [2.75, 3.05) is 24.5 Å². The van der Waals surface area contributed by atoms with E-state index in [0.29, 0.717) is 6.54 Å². The molecule has 1 aromatic heterocycles. The van der Waals surface area contributed by atoms with Crippen molar-refractivity contribution in [3.8, 4) is 0 Å². The highest BCUT2D eigenvalue weighted by atomic mass is 16.2. The van der Waals surface area contributed by atoms with Gasteiger partial charge in [0.15, 0.2) is 0 Å². The maximum absolute atomic E-state index is 12.0. The maximum Gasteiger partial charge on any atom is 0.268 e. The van der Waals surface area contributed by atoms with E-state index in [2.05, 4.69) is 15.3 Å². The van der Waals surface area contributed by atoms with Gasteiger partial charge in [0, 0.05) is 32.7 Å². The fraction of sp³-hybridized carbons (Fsp3) is 0.643. The van der Waals surface area contributed by atoms with Crippen LogP contribution in [0.3, 0.4) is 0 Å². The van der Waals surface area contributed by atoms with Crippen LogP contribution in [-0.4, -0.2) is 35.3 Å². The minimum atomic E-state index is -0.125. The summed E-state index contributed by atoms with van der Waals surface area (Å²) < 4.78 is 1.30. The molecule has 1 atom stereocenters. The van der Waals surface area contributed by atoms with E-state index in [1.807, 2.05) is 6.92 Å². The third kappa shape index (κ3) is 3.37. The third-order valence-electron chi connectivity index (χ3n) is 3.66. The quantitative estimate of drug-likeness (QED) is 0.872. The minimum Gasteiger partial charge on any atom is -0.369 e. The van der Waals surface area contributed by atoms with Crippen LogP contribution in [0.25, 0.3) is 0 Å². The molecule has 0 saturated carbocycles. The molecule has 20 heavy (non-hydrogen) atoms. The monoisotopic (exact) mass is 278 g/mol. The average Bonchev–Trinajstić information content (AvgIpc) is 2.47. The number of hydrogen-bond donors (Lipinski definition) is 1. The highest BCUT2D eigenvalue weighted by Gasteiger charge is 2.25. The number of piperidine rings is 1. The lowest BCUT2D eigenvalue weighted by Gasteiger charge is -2.33. The molecule has 0 spiro atoms. The number of nitrogens with one attached hydrogen (secondary N) is 1. The standard InChI is InChI=1S/C14H22N4O2/c1-3-6-15-14(20)11-5-4-7-18(10-11)12-8-13(19)17(2)16-9-12/h8-9,11H,3-7,10H2,1-2H3,(H,15,20)/t11-/m0/s1. The number of hydrogen-bond acceptors (Lipinski definition) is 4. The van der Waals surface area contributed by atoms with Crippen LogP contribution in [0.2, 0.25) is 0 Å². The normalized spacial score (nSPS) is 18.9. The molecule has 0 aromatic carbocycles. The van der Waals surface area contributed by atoms with Gasteiger partial charge in [-0.2, -0.15) is 5.10 Å². The molecule has 1 aliphatic heterocycles. The number of carbonyl (C=O) groups excluding carboxylic acids is 1. The van der Waals surface area contributed by atoms with Gasteiger partial charge in [0.2, 0.25) is 5.91 Å². The van der Waals surface area contributed by atoms with E-state index in [4.69, 9.17) is 0 Å². The molecule has 0 unspecified atom stereocenters. The Morgan fingerprint density at radius 3 is 3.05 bits per heavy atom. The fourth-order valence-corrected chi connectivity index (χ4v) is 2.45. The van der Waals surface area contributed by atoms with Crippen LogP contribution in [0.1, 0.15) is 26.2 Å². The van der Waals surface area contributed by atoms with Crippen molar-refractivity contribution >= 4 is 11.6 Å². The number of aromatic nitrogens is 2. The van der Waals surface area contributed by atoms with Gasteiger partial charge in [-0.05, 0) is 19.3 Å². The largest absolute Gasteiger partial charge is 0.369 e. The second kappa shape index (κ2) is 6.54. The maximum atomic E-state index is 12.0. The summed E-state index contributed by atoms with van der Waals surface area (Å²) in [7, 11) is 1.63. The summed E-state index contributed by atoms with van der Waals surface area (Å²) in [6, 6.07) is 1.58. The Kier molecular flexibility index (Phi) is 4.76. The minimum absolute atomic E-state index is 0.000594. The molecule has 1 aromatic rings. The second-order valence-corrected chi connectivity index (χ2v) is 5.25. The summed E-state index contributed by atoms with van der Waals surface area (Å²) in [5.41, 5.74) is 0.682. The second-order valence-electron chi connectivity index (χ2n) is 5.25. The molecule has 1 amide bonds. The van der Waals surface area contributed by atoms with Gasteiger partial charge in [0.1, 0.15) is 0 Å². The van der Waals surface area contributed by atoms with Crippen LogP contribution in [0, 0.1) is 5.92 Å². The topological polar surface area (TPSA) is 67.2 Å². The first-order chi connectivity index (χ1) is 9.61. The molecule has 1 saturated heterocycles. The Morgan fingerprint density at radius 2 is 2.35 bits per heavy atom. The van der Waals surface area contributed by atoms with E-state index in [-0.39, 0.29) is 17.4 Å². The Labute approximate surface area is 118 Å². The number of rotatable bonds is 4. The van der Waals surface area contributed by atoms with E-state index in [1.165, 1.54) is 4.68 Å². The van der Waals surface area contributed by atoms with E-state index < -0.39 is 0 Å². The lowest BCUT2D eigenvalue weighted by molar-refractivity contribution is -0.125. The van der Waals surface area contributed by atoms with Crippen molar-refractivity contribution in [2.45, 2.75) is 26.2 Å². The van der Waals surface area contributed by atoms with Gasteiger partial charge in [0.05, 0.1) is 17.8 Å². The Morgan fingerprint density at radius 1 is 1.55 bits per heavy atom. The first-order valence-corrected chi connectivity index (χ1v) is 7.18. The smallest absolute Gasteiger partial charge is 0.268 e. The number of carbonyl (C=O) groups is 1. The number of amides is 1. The van der Waals surface area contributed by atoms with Gasteiger partial charge >= 0.3 is 0 Å². The van der Waals surface area contributed by atoms with Gasteiger partial charge < -0.3 is 10.2 Å². The first kappa shape index (κ1) is 14.6. The van der Waals surface area contributed by atoms with Crippen molar-refractivity contribution in [1.82, 2.24) is 15.1 Å². The molecular weight excluding hydrogens is 256 g/mol. The number of nitrogens with zero attached hydrogens (tertiary/aromatic N) is 3. The van der Waals surface area contributed by atoms with Crippen LogP contribution in [0.4, 0.5) is 5.69 Å². The molecule has 1 aliphatic rings. The van der Waals surface area contributed by atoms with Gasteiger partial charge in [-0.3, -0.25) is 9.59 Å². The molecule has 0 aliphatic carbocycles. The van der Waals surface area contributed by atoms with Crippen LogP contribution in [0.15, 0.2) is 17.1 Å². The molecule has 0 bridgehead atoms. The molecule has 1 N–H and O–H groups in total. The van der Waals surface area contributed by atoms with Crippen LogP contribution >= 0.6 is 0 Å². The van der Waals surface area contributed by atoms with Crippen molar-refractivity contribution in [3.63, 3.8) is 0 Å². The Hall–Kier alpha value is -1.85. The van der Waals surface area contributed by atoms with Crippen LogP contribution in [0.5, 0.6) is 0 Å². The van der Waals surface area contributed by atoms with Gasteiger partial charge in [-0.1, -0.05) is 6.92 Å². The van der Waals surface area contributed by atoms with Crippen LogP contribution in [-0.2, 0) is 11.8 Å². The molecule has 2 heterocycles. The molecule has 6 nitrogen and oxygen atoms in total. The van der Waals surface area contributed by atoms with E-state index >= 15 is 0 Å². The zero-order valence-electron chi connectivity index (χ0n) is 12.1. The predicted molar refractivity (Wildman–Crippen MR) is 77.7 cm³/mol. The van der Waals surface area contributed by atoms with E-state index in [1.54, 1.807) is 19.3 Å². The van der Waals surface area contributed by atoms with Crippen molar-refractivity contribution in [2.24, 2.45) is 13.0 Å². The zero-order valence-corrected chi connectivity index (χ0v) is 12.1. The van der Waals surface area contributed by atoms with Crippen LogP contribution < -0.4 is 15.8 Å². The Balaban J connectivity index is 2.04. The van der Waals surface area contributed by atoms with Crippen molar-refractivity contribution in [1.29, 1.82) is 0 Å². The summed E-state index contributed by atoms with van der Waals surface area (Å²) in [5, 5.41) is 6.98. The van der Waals surface area contributed by atoms with Gasteiger partial charge in [-0.25, -0.2) is 4.68 Å². The SMILES string of the molecule is CCCNC(=O)[C@H]1CCCN(c2cnn(C)c(=O)c2)C1. The molecule has 1 fully saturated rings. The number of anilines is 1. The summed E-state index contributed by atoms with van der Waals surface area (Å²) in [6.45, 7) is 4.29. The zero-order chi connectivity index (χ0) is 14.5. The van der Waals surface area contributed by atoms with Crippen molar-refractivity contribution in [3.05, 3.63) is 22.6 Å². The summed E-state index contributed by atoms with van der Waals surface area (Å²) in [6.07, 6.45) is 4.50. The van der Waals surface area contributed by atoms with Gasteiger partial charge in [0.25, 0.3) is 5.56 Å². The van der Waals surface area contributed by atoms with Crippen molar-refractivity contribution < 1.29 is 4.79 Å². The molecule has 0 radical (unpaired) electrons. The molecule has 2 rings (SSSR count). The summed E-state index contributed by atoms with van der Waals surface area (Å²) in [5.74, 6) is 0.118. The van der Waals surface area contributed by atoms with Gasteiger partial charge in [-0.15, -0.1) is 0 Å². The number of aryl methyl sites for hydroxylation is 1. The summed E-state index contributed by atoms with van der Waals surface area (Å²) >= 11 is 0. The molecule has 6 heteroatoms. The average molecular weight is 278 g/mol. The van der Waals surface area contributed by atoms with E-state index in [9.17, 15) is 9.59 Å². The highest BCUT2D eigenvalue weighted by Crippen LogP contribution is 2.21.